The van der Waals surface area contributed by atoms with Crippen LogP contribution in [0.3, 0.4) is 0 Å². The van der Waals surface area contributed by atoms with Gasteiger partial charge in [0.05, 0.1) is 12.2 Å². The second kappa shape index (κ2) is 3.40. The van der Waals surface area contributed by atoms with Crippen LogP contribution in [0, 0.1) is 23.2 Å². The topological polar surface area (TPSA) is 21.3 Å². The highest BCUT2D eigenvalue weighted by Crippen LogP contribution is 2.65. The molecule has 5 rings (SSSR count). The molecular weight excluding hydrogens is 222 g/mol. The summed E-state index contributed by atoms with van der Waals surface area (Å²) < 4.78 is 6.55. The summed E-state index contributed by atoms with van der Waals surface area (Å²) >= 11 is 0. The van der Waals surface area contributed by atoms with E-state index in [9.17, 15) is 0 Å². The van der Waals surface area contributed by atoms with E-state index in [4.69, 9.17) is 4.74 Å². The molecule has 0 aromatic rings. The van der Waals surface area contributed by atoms with Crippen molar-refractivity contribution >= 4 is 0 Å². The molecule has 2 bridgehead atoms. The molecule has 7 atom stereocenters. The van der Waals surface area contributed by atoms with Gasteiger partial charge >= 0.3 is 0 Å². The summed E-state index contributed by atoms with van der Waals surface area (Å²) in [6.45, 7) is 1.23. The lowest BCUT2D eigenvalue weighted by Gasteiger charge is -2.59. The lowest BCUT2D eigenvalue weighted by Crippen LogP contribution is -2.64. The van der Waals surface area contributed by atoms with Gasteiger partial charge in [0.2, 0.25) is 0 Å². The van der Waals surface area contributed by atoms with Crippen molar-refractivity contribution in [1.29, 1.82) is 0 Å². The van der Waals surface area contributed by atoms with Crippen molar-refractivity contribution in [2.24, 2.45) is 23.2 Å². The maximum Gasteiger partial charge on any atom is 0.0680 e. The zero-order chi connectivity index (χ0) is 11.7. The molecule has 2 heteroatoms. The highest BCUT2D eigenvalue weighted by Gasteiger charge is 2.66. The van der Waals surface area contributed by atoms with Crippen LogP contribution >= 0.6 is 0 Å². The normalized spacial score (nSPS) is 60.4. The molecule has 1 N–H and O–H groups in total. The van der Waals surface area contributed by atoms with Gasteiger partial charge in [-0.3, -0.25) is 0 Å². The van der Waals surface area contributed by atoms with Crippen LogP contribution < -0.4 is 5.32 Å². The average molecular weight is 245 g/mol. The zero-order valence-electron chi connectivity index (χ0n) is 11.0. The van der Waals surface area contributed by atoms with Gasteiger partial charge in [-0.05, 0) is 50.5 Å². The summed E-state index contributed by atoms with van der Waals surface area (Å²) in [4.78, 5) is 0. The van der Waals surface area contributed by atoms with Crippen molar-refractivity contribution in [2.45, 2.75) is 56.8 Å². The molecule has 4 fully saturated rings. The monoisotopic (exact) mass is 245 g/mol. The number of piperidine rings is 1. The number of hydrogen-bond donors (Lipinski definition) is 1. The van der Waals surface area contributed by atoms with Crippen molar-refractivity contribution in [2.75, 3.05) is 6.54 Å². The first-order valence-electron chi connectivity index (χ1n) is 7.95. The Balaban J connectivity index is 1.69. The van der Waals surface area contributed by atoms with Crippen LogP contribution in [0.2, 0.25) is 0 Å². The molecule has 2 saturated carbocycles. The fourth-order valence-corrected chi connectivity index (χ4v) is 6.40. The molecule has 2 aliphatic heterocycles. The van der Waals surface area contributed by atoms with Gasteiger partial charge < -0.3 is 10.1 Å². The Hall–Kier alpha value is -0.340. The molecule has 1 spiro atoms. The number of nitrogens with one attached hydrogen (secondary N) is 1. The van der Waals surface area contributed by atoms with E-state index < -0.39 is 0 Å². The van der Waals surface area contributed by atoms with Gasteiger partial charge in [0.15, 0.2) is 0 Å². The van der Waals surface area contributed by atoms with Crippen LogP contribution in [0.4, 0.5) is 0 Å². The molecule has 0 aromatic heterocycles. The Kier molecular flexibility index (Phi) is 1.97. The smallest absolute Gasteiger partial charge is 0.0680 e. The van der Waals surface area contributed by atoms with Gasteiger partial charge in [-0.1, -0.05) is 18.6 Å². The summed E-state index contributed by atoms with van der Waals surface area (Å²) in [5.41, 5.74) is 0.526. The van der Waals surface area contributed by atoms with Crippen LogP contribution in [0.25, 0.3) is 0 Å². The molecule has 2 heterocycles. The summed E-state index contributed by atoms with van der Waals surface area (Å²) in [5.74, 6) is 2.62. The third kappa shape index (κ3) is 1.05. The molecule has 2 saturated heterocycles. The largest absolute Gasteiger partial charge is 0.374 e. The minimum atomic E-state index is 0.526. The Morgan fingerprint density at radius 1 is 1.28 bits per heavy atom. The summed E-state index contributed by atoms with van der Waals surface area (Å²) in [6, 6.07) is 0.750. The number of hydrogen-bond acceptors (Lipinski definition) is 2. The molecule has 18 heavy (non-hydrogen) atoms. The van der Waals surface area contributed by atoms with E-state index >= 15 is 0 Å². The lowest BCUT2D eigenvalue weighted by atomic mass is 9.47. The lowest BCUT2D eigenvalue weighted by molar-refractivity contribution is -0.0636. The third-order valence-electron chi connectivity index (χ3n) is 6.80. The van der Waals surface area contributed by atoms with E-state index in [0.29, 0.717) is 17.6 Å². The van der Waals surface area contributed by atoms with Gasteiger partial charge in [-0.25, -0.2) is 0 Å². The standard InChI is InChI=1S/C16H23NO/c1-3-10-9-12-11-4-2-6-14-16(11,7-8-17-12)15(10)13(5-1)18-14/h2,4,10-15,17H,1,3,5-9H2. The predicted octanol–water partition coefficient (Wildman–Crippen LogP) is 2.50. The second-order valence-electron chi connectivity index (χ2n) is 7.23. The van der Waals surface area contributed by atoms with E-state index in [-0.39, 0.29) is 0 Å². The maximum atomic E-state index is 6.55. The van der Waals surface area contributed by atoms with Crippen molar-refractivity contribution in [3.8, 4) is 0 Å². The molecule has 5 aliphatic rings. The molecule has 2 nitrogen and oxygen atoms in total. The van der Waals surface area contributed by atoms with E-state index in [1.54, 1.807) is 0 Å². The van der Waals surface area contributed by atoms with Crippen LogP contribution in [-0.2, 0) is 4.74 Å². The van der Waals surface area contributed by atoms with Crippen LogP contribution in [0.5, 0.6) is 0 Å². The van der Waals surface area contributed by atoms with Crippen molar-refractivity contribution < 1.29 is 4.74 Å². The van der Waals surface area contributed by atoms with Gasteiger partial charge in [0, 0.05) is 17.4 Å². The SMILES string of the molecule is C1=CC2C3CC4CCCC5OC(C1)C2(CCN3)C45. The molecule has 3 aliphatic carbocycles. The molecule has 98 valence electrons. The molecular formula is C16H23NO. The predicted molar refractivity (Wildman–Crippen MR) is 70.2 cm³/mol. The number of ether oxygens (including phenoxy) is 1. The van der Waals surface area contributed by atoms with Gasteiger partial charge in [0.1, 0.15) is 0 Å². The van der Waals surface area contributed by atoms with Crippen LogP contribution in [0.1, 0.15) is 38.5 Å². The maximum absolute atomic E-state index is 6.55. The summed E-state index contributed by atoms with van der Waals surface area (Å²) in [6.07, 6.45) is 14.3. The molecule has 0 aromatic carbocycles. The third-order valence-corrected chi connectivity index (χ3v) is 6.80. The van der Waals surface area contributed by atoms with Gasteiger partial charge in [-0.15, -0.1) is 0 Å². The van der Waals surface area contributed by atoms with E-state index in [0.717, 1.165) is 23.8 Å². The minimum Gasteiger partial charge on any atom is -0.374 e. The Morgan fingerprint density at radius 2 is 2.28 bits per heavy atom. The molecule has 0 radical (unpaired) electrons. The van der Waals surface area contributed by atoms with Gasteiger partial charge in [-0.2, -0.15) is 0 Å². The molecule has 0 amide bonds. The Morgan fingerprint density at radius 3 is 3.28 bits per heavy atom. The second-order valence-corrected chi connectivity index (χ2v) is 7.23. The van der Waals surface area contributed by atoms with E-state index in [1.165, 1.54) is 45.1 Å². The van der Waals surface area contributed by atoms with E-state index in [1.807, 2.05) is 0 Å². The fourth-order valence-electron chi connectivity index (χ4n) is 6.40. The van der Waals surface area contributed by atoms with Crippen molar-refractivity contribution in [3.05, 3.63) is 12.2 Å². The van der Waals surface area contributed by atoms with Crippen LogP contribution in [0.15, 0.2) is 12.2 Å². The highest BCUT2D eigenvalue weighted by atomic mass is 16.5. The highest BCUT2D eigenvalue weighted by molar-refractivity contribution is 5.23. The van der Waals surface area contributed by atoms with Crippen LogP contribution in [-0.4, -0.2) is 24.8 Å². The van der Waals surface area contributed by atoms with Crippen molar-refractivity contribution in [1.82, 2.24) is 5.32 Å². The summed E-state index contributed by atoms with van der Waals surface area (Å²) in [7, 11) is 0. The molecule has 7 unspecified atom stereocenters. The quantitative estimate of drug-likeness (QED) is 0.662. The van der Waals surface area contributed by atoms with Gasteiger partial charge in [0.25, 0.3) is 0 Å². The van der Waals surface area contributed by atoms with E-state index in [2.05, 4.69) is 17.5 Å². The average Bonchev–Trinajstić information content (AvgIpc) is 2.70. The minimum absolute atomic E-state index is 0.526. The van der Waals surface area contributed by atoms with Crippen molar-refractivity contribution in [3.63, 3.8) is 0 Å². The first-order valence-corrected chi connectivity index (χ1v) is 7.95. The first-order chi connectivity index (χ1) is 8.89. The zero-order valence-corrected chi connectivity index (χ0v) is 11.0. The summed E-state index contributed by atoms with van der Waals surface area (Å²) in [5, 5.41) is 3.81. The Labute approximate surface area is 109 Å². The number of rotatable bonds is 0. The fraction of sp³-hybridized carbons (Fsp3) is 0.875. The Bertz CT molecular complexity index is 406. The first kappa shape index (κ1) is 10.4.